The van der Waals surface area contributed by atoms with Crippen molar-refractivity contribution < 1.29 is 27.4 Å². The maximum atomic E-state index is 13.1. The number of aromatic nitrogens is 4. The number of hydrogen-bond acceptors (Lipinski definition) is 5. The number of aryl methyl sites for hydroxylation is 1. The Kier molecular flexibility index (Phi) is 4.60. The monoisotopic (exact) mass is 433 g/mol. The molecule has 4 heterocycles. The Labute approximate surface area is 174 Å². The van der Waals surface area contributed by atoms with E-state index in [0.29, 0.717) is 41.6 Å². The normalized spacial score (nSPS) is 17.8. The number of rotatable bonds is 3. The van der Waals surface area contributed by atoms with Gasteiger partial charge in [0, 0.05) is 19.2 Å². The Bertz CT molecular complexity index is 1120. The van der Waals surface area contributed by atoms with Crippen LogP contribution in [0.5, 0.6) is 11.6 Å². The molecule has 0 saturated heterocycles. The maximum Gasteiger partial charge on any atom is 0.416 e. The van der Waals surface area contributed by atoms with Crippen molar-refractivity contribution in [3.05, 3.63) is 47.3 Å². The molecule has 0 radical (unpaired) electrons. The SMILES string of the molecule is O=C(N[C@H]1COc2ccc(C(F)(F)F)cc2C1)c1nn2c(c1-c1ccn[nH]1)OCCC2. The van der Waals surface area contributed by atoms with E-state index in [9.17, 15) is 18.0 Å². The summed E-state index contributed by atoms with van der Waals surface area (Å²) in [7, 11) is 0. The first-order chi connectivity index (χ1) is 14.9. The summed E-state index contributed by atoms with van der Waals surface area (Å²) in [5.74, 6) is 0.419. The number of halogens is 3. The molecule has 5 rings (SSSR count). The highest BCUT2D eigenvalue weighted by Gasteiger charge is 2.33. The minimum atomic E-state index is -4.44. The molecule has 8 nitrogen and oxygen atoms in total. The van der Waals surface area contributed by atoms with Crippen LogP contribution in [0.1, 0.15) is 28.0 Å². The number of hydrogen-bond donors (Lipinski definition) is 2. The molecule has 0 spiro atoms. The Morgan fingerprint density at radius 2 is 2.13 bits per heavy atom. The summed E-state index contributed by atoms with van der Waals surface area (Å²) < 4.78 is 52.1. The highest BCUT2D eigenvalue weighted by atomic mass is 19.4. The smallest absolute Gasteiger partial charge is 0.416 e. The lowest BCUT2D eigenvalue weighted by Crippen LogP contribution is -2.43. The fourth-order valence-corrected chi connectivity index (χ4v) is 3.84. The van der Waals surface area contributed by atoms with Crippen molar-refractivity contribution in [3.8, 4) is 22.9 Å². The Morgan fingerprint density at radius 1 is 1.26 bits per heavy atom. The summed E-state index contributed by atoms with van der Waals surface area (Å²) >= 11 is 0. The standard InChI is InChI=1S/C20H18F3N5O3/c21-20(22,23)12-2-3-15-11(8-12)9-13(10-31-15)25-18(29)17-16(14-4-5-24-26-14)19-28(27-17)6-1-7-30-19/h2-5,8,13H,1,6-7,9-10H2,(H,24,26)(H,25,29)/t13-/m1/s1. The third-order valence-corrected chi connectivity index (χ3v) is 5.27. The number of alkyl halides is 3. The molecule has 1 atom stereocenters. The molecule has 2 N–H and O–H groups in total. The Balaban J connectivity index is 1.40. The van der Waals surface area contributed by atoms with Crippen LogP contribution in [-0.4, -0.2) is 45.1 Å². The fraction of sp³-hybridized carbons (Fsp3) is 0.350. The lowest BCUT2D eigenvalue weighted by Gasteiger charge is -2.26. The van der Waals surface area contributed by atoms with E-state index in [-0.39, 0.29) is 18.7 Å². The molecule has 0 unspecified atom stereocenters. The molecule has 0 aliphatic carbocycles. The number of ether oxygens (including phenoxy) is 2. The van der Waals surface area contributed by atoms with E-state index < -0.39 is 23.7 Å². The van der Waals surface area contributed by atoms with Crippen molar-refractivity contribution in [2.45, 2.75) is 31.6 Å². The number of nitrogens with zero attached hydrogens (tertiary/aromatic N) is 3. The second-order valence-electron chi connectivity index (χ2n) is 7.43. The molecule has 162 valence electrons. The molecule has 2 aliphatic rings. The van der Waals surface area contributed by atoms with Gasteiger partial charge in [-0.15, -0.1) is 0 Å². The van der Waals surface area contributed by atoms with Crippen LogP contribution in [-0.2, 0) is 19.1 Å². The van der Waals surface area contributed by atoms with Crippen molar-refractivity contribution in [3.63, 3.8) is 0 Å². The average Bonchev–Trinajstić information content (AvgIpc) is 3.40. The van der Waals surface area contributed by atoms with E-state index in [2.05, 4.69) is 20.6 Å². The zero-order valence-corrected chi connectivity index (χ0v) is 16.2. The highest BCUT2D eigenvalue weighted by Crippen LogP contribution is 2.36. The Hall–Kier alpha value is -3.50. The summed E-state index contributed by atoms with van der Waals surface area (Å²) in [6, 6.07) is 4.58. The van der Waals surface area contributed by atoms with Gasteiger partial charge in [0.15, 0.2) is 5.69 Å². The van der Waals surface area contributed by atoms with Crippen LogP contribution >= 0.6 is 0 Å². The van der Waals surface area contributed by atoms with E-state index in [1.165, 1.54) is 6.07 Å². The maximum absolute atomic E-state index is 13.1. The lowest BCUT2D eigenvalue weighted by atomic mass is 9.99. The molecular weight excluding hydrogens is 415 g/mol. The minimum Gasteiger partial charge on any atom is -0.491 e. The molecule has 1 aromatic carbocycles. The van der Waals surface area contributed by atoms with Crippen LogP contribution < -0.4 is 14.8 Å². The second kappa shape index (κ2) is 7.33. The van der Waals surface area contributed by atoms with E-state index in [4.69, 9.17) is 9.47 Å². The molecule has 3 aromatic rings. The number of carbonyl (C=O) groups excluding carboxylic acids is 1. The van der Waals surface area contributed by atoms with Gasteiger partial charge in [-0.1, -0.05) is 0 Å². The zero-order valence-electron chi connectivity index (χ0n) is 16.2. The van der Waals surface area contributed by atoms with Gasteiger partial charge in [0.1, 0.15) is 12.4 Å². The molecule has 1 amide bonds. The van der Waals surface area contributed by atoms with Crippen LogP contribution in [0.2, 0.25) is 0 Å². The second-order valence-corrected chi connectivity index (χ2v) is 7.43. The first kappa shape index (κ1) is 19.5. The number of nitrogens with one attached hydrogen (secondary N) is 2. The number of amides is 1. The number of fused-ring (bicyclic) bond motifs is 2. The molecule has 2 aliphatic heterocycles. The van der Waals surface area contributed by atoms with Gasteiger partial charge in [-0.25, -0.2) is 4.68 Å². The lowest BCUT2D eigenvalue weighted by molar-refractivity contribution is -0.137. The van der Waals surface area contributed by atoms with Gasteiger partial charge in [-0.3, -0.25) is 9.89 Å². The largest absolute Gasteiger partial charge is 0.491 e. The number of carbonyl (C=O) groups is 1. The average molecular weight is 433 g/mol. The molecule has 0 saturated carbocycles. The summed E-state index contributed by atoms with van der Waals surface area (Å²) in [4.78, 5) is 13.1. The van der Waals surface area contributed by atoms with E-state index in [0.717, 1.165) is 18.6 Å². The van der Waals surface area contributed by atoms with Gasteiger partial charge < -0.3 is 14.8 Å². The summed E-state index contributed by atoms with van der Waals surface area (Å²) in [6.07, 6.45) is -1.89. The van der Waals surface area contributed by atoms with Gasteiger partial charge in [-0.05, 0) is 36.2 Å². The molecule has 31 heavy (non-hydrogen) atoms. The topological polar surface area (TPSA) is 94.1 Å². The zero-order chi connectivity index (χ0) is 21.6. The number of benzene rings is 1. The first-order valence-corrected chi connectivity index (χ1v) is 9.77. The third-order valence-electron chi connectivity index (χ3n) is 5.27. The van der Waals surface area contributed by atoms with Crippen molar-refractivity contribution in [1.29, 1.82) is 0 Å². The molecule has 11 heteroatoms. The van der Waals surface area contributed by atoms with Crippen molar-refractivity contribution >= 4 is 5.91 Å². The first-order valence-electron chi connectivity index (χ1n) is 9.77. The fourth-order valence-electron chi connectivity index (χ4n) is 3.84. The summed E-state index contributed by atoms with van der Waals surface area (Å²) in [5, 5.41) is 14.0. The van der Waals surface area contributed by atoms with Crippen LogP contribution in [0.3, 0.4) is 0 Å². The van der Waals surface area contributed by atoms with E-state index in [1.54, 1.807) is 16.9 Å². The van der Waals surface area contributed by atoms with Crippen LogP contribution in [0.25, 0.3) is 11.3 Å². The molecule has 2 aromatic heterocycles. The van der Waals surface area contributed by atoms with Crippen LogP contribution in [0, 0.1) is 0 Å². The van der Waals surface area contributed by atoms with Crippen molar-refractivity contribution in [2.75, 3.05) is 13.2 Å². The van der Waals surface area contributed by atoms with Crippen molar-refractivity contribution in [2.24, 2.45) is 0 Å². The predicted octanol–water partition coefficient (Wildman–Crippen LogP) is 2.81. The van der Waals surface area contributed by atoms with Gasteiger partial charge >= 0.3 is 6.18 Å². The quantitative estimate of drug-likeness (QED) is 0.663. The van der Waals surface area contributed by atoms with Crippen molar-refractivity contribution in [1.82, 2.24) is 25.3 Å². The van der Waals surface area contributed by atoms with Gasteiger partial charge in [0.2, 0.25) is 5.88 Å². The predicted molar refractivity (Wildman–Crippen MR) is 102 cm³/mol. The van der Waals surface area contributed by atoms with Gasteiger partial charge in [0.05, 0.1) is 29.5 Å². The minimum absolute atomic E-state index is 0.146. The summed E-state index contributed by atoms with van der Waals surface area (Å²) in [6.45, 7) is 1.28. The Morgan fingerprint density at radius 3 is 2.90 bits per heavy atom. The number of H-pyrrole nitrogens is 1. The van der Waals surface area contributed by atoms with E-state index >= 15 is 0 Å². The van der Waals surface area contributed by atoms with Crippen LogP contribution in [0.4, 0.5) is 13.2 Å². The van der Waals surface area contributed by atoms with Crippen LogP contribution in [0.15, 0.2) is 30.5 Å². The third kappa shape index (κ3) is 3.60. The van der Waals surface area contributed by atoms with E-state index in [1.807, 2.05) is 0 Å². The van der Waals surface area contributed by atoms with Gasteiger partial charge in [-0.2, -0.15) is 23.4 Å². The molecular formula is C20H18F3N5O3. The summed E-state index contributed by atoms with van der Waals surface area (Å²) in [5.41, 5.74) is 0.908. The number of aromatic amines is 1. The molecule has 0 fully saturated rings. The molecule has 0 bridgehead atoms. The van der Waals surface area contributed by atoms with Gasteiger partial charge in [0.25, 0.3) is 5.91 Å². The highest BCUT2D eigenvalue weighted by molar-refractivity contribution is 6.00.